The number of carbonyl (C=O) groups is 1. The van der Waals surface area contributed by atoms with Gasteiger partial charge in [0, 0.05) is 57.6 Å². The van der Waals surface area contributed by atoms with Crippen molar-refractivity contribution < 1.29 is 9.72 Å². The number of hydrogen-bond acceptors (Lipinski definition) is 6. The molecule has 0 aliphatic carbocycles. The van der Waals surface area contributed by atoms with Gasteiger partial charge in [-0.15, -0.1) is 0 Å². The van der Waals surface area contributed by atoms with Crippen molar-refractivity contribution in [2.75, 3.05) is 26.2 Å². The zero-order chi connectivity index (χ0) is 19.6. The molecule has 3 heterocycles. The first kappa shape index (κ1) is 19.0. The maximum atomic E-state index is 12.7. The summed E-state index contributed by atoms with van der Waals surface area (Å²) in [6, 6.07) is 0. The molecule has 2 aromatic rings. The fourth-order valence-corrected chi connectivity index (χ4v) is 3.23. The lowest BCUT2D eigenvalue weighted by Gasteiger charge is -2.34. The number of piperazine rings is 1. The molecule has 2 aromatic heterocycles. The molecule has 1 fully saturated rings. The van der Waals surface area contributed by atoms with E-state index in [9.17, 15) is 14.9 Å². The zero-order valence-corrected chi connectivity index (χ0v) is 16.0. The molecular weight excluding hydrogens is 350 g/mol. The average Bonchev–Trinajstić information content (AvgIpc) is 3.25. The van der Waals surface area contributed by atoms with E-state index in [4.69, 9.17) is 0 Å². The summed E-state index contributed by atoms with van der Waals surface area (Å²) in [5.41, 5.74) is 1.91. The molecule has 0 spiro atoms. The number of carbonyl (C=O) groups excluding carboxylic acids is 1. The van der Waals surface area contributed by atoms with Gasteiger partial charge < -0.3 is 4.90 Å². The number of hydrogen-bond donors (Lipinski definition) is 0. The molecule has 146 valence electrons. The van der Waals surface area contributed by atoms with Gasteiger partial charge in [-0.25, -0.2) is 0 Å². The molecule has 1 aliphatic rings. The average molecular weight is 375 g/mol. The van der Waals surface area contributed by atoms with E-state index in [1.54, 1.807) is 4.90 Å². The molecule has 27 heavy (non-hydrogen) atoms. The van der Waals surface area contributed by atoms with Crippen molar-refractivity contribution in [1.82, 2.24) is 29.4 Å². The van der Waals surface area contributed by atoms with Gasteiger partial charge in [-0.05, 0) is 20.8 Å². The topological polar surface area (TPSA) is 102 Å². The van der Waals surface area contributed by atoms with Gasteiger partial charge in [-0.1, -0.05) is 0 Å². The lowest BCUT2D eigenvalue weighted by Crippen LogP contribution is -2.48. The molecule has 10 heteroatoms. The van der Waals surface area contributed by atoms with Crippen molar-refractivity contribution in [2.24, 2.45) is 0 Å². The lowest BCUT2D eigenvalue weighted by atomic mass is 10.2. The Bertz CT molecular complexity index is 834. The van der Waals surface area contributed by atoms with Gasteiger partial charge in [0.05, 0.1) is 10.6 Å². The first-order valence-electron chi connectivity index (χ1n) is 9.19. The Hall–Kier alpha value is -2.75. The normalized spacial score (nSPS) is 15.3. The number of amides is 1. The number of aryl methyl sites for hydroxylation is 3. The smallest absolute Gasteiger partial charge is 0.320 e. The Morgan fingerprint density at radius 3 is 2.30 bits per heavy atom. The van der Waals surface area contributed by atoms with Crippen molar-refractivity contribution in [3.05, 3.63) is 39.5 Å². The zero-order valence-electron chi connectivity index (χ0n) is 16.0. The quantitative estimate of drug-likeness (QED) is 0.557. The van der Waals surface area contributed by atoms with Gasteiger partial charge in [0.25, 0.3) is 5.91 Å². The van der Waals surface area contributed by atoms with Gasteiger partial charge in [0.2, 0.25) is 5.69 Å². The Morgan fingerprint density at radius 2 is 1.74 bits per heavy atom. The molecule has 3 rings (SSSR count). The highest BCUT2D eigenvalue weighted by Gasteiger charge is 2.31. The predicted octanol–water partition coefficient (Wildman–Crippen LogP) is 1.29. The van der Waals surface area contributed by atoms with Crippen molar-refractivity contribution in [3.63, 3.8) is 0 Å². The standard InChI is InChI=1S/C17H25N7O3/c1-4-22-11-14(13(3)18-22)10-20-6-8-21(9-7-20)17(25)16-15(24(26)27)12-23(5-2)19-16/h11-12H,4-10H2,1-3H3. The van der Waals surface area contributed by atoms with Crippen LogP contribution in [0, 0.1) is 17.0 Å². The third kappa shape index (κ3) is 4.00. The fraction of sp³-hybridized carbons (Fsp3) is 0.588. The molecular formula is C17H25N7O3. The van der Waals surface area contributed by atoms with Crippen LogP contribution in [0.3, 0.4) is 0 Å². The molecule has 1 saturated heterocycles. The molecule has 0 aromatic carbocycles. The third-order valence-electron chi connectivity index (χ3n) is 4.89. The molecule has 0 saturated carbocycles. The van der Waals surface area contributed by atoms with E-state index in [2.05, 4.69) is 28.2 Å². The highest BCUT2D eigenvalue weighted by atomic mass is 16.6. The van der Waals surface area contributed by atoms with Crippen LogP contribution in [0.5, 0.6) is 0 Å². The maximum Gasteiger partial charge on any atom is 0.320 e. The minimum absolute atomic E-state index is 0.0737. The first-order valence-corrected chi connectivity index (χ1v) is 9.19. The summed E-state index contributed by atoms with van der Waals surface area (Å²) < 4.78 is 3.35. The second-order valence-electron chi connectivity index (χ2n) is 6.64. The molecule has 0 radical (unpaired) electrons. The van der Waals surface area contributed by atoms with Crippen LogP contribution in [-0.4, -0.2) is 66.4 Å². The Balaban J connectivity index is 1.63. The van der Waals surface area contributed by atoms with E-state index in [1.807, 2.05) is 18.5 Å². The van der Waals surface area contributed by atoms with Crippen molar-refractivity contribution in [1.29, 1.82) is 0 Å². The van der Waals surface area contributed by atoms with Crippen LogP contribution in [0.2, 0.25) is 0 Å². The van der Waals surface area contributed by atoms with Crippen LogP contribution < -0.4 is 0 Å². The molecule has 0 unspecified atom stereocenters. The van der Waals surface area contributed by atoms with E-state index in [0.29, 0.717) is 32.7 Å². The van der Waals surface area contributed by atoms with Gasteiger partial charge in [-0.2, -0.15) is 10.2 Å². The summed E-state index contributed by atoms with van der Waals surface area (Å²) in [4.78, 5) is 27.3. The second kappa shape index (κ2) is 7.87. The summed E-state index contributed by atoms with van der Waals surface area (Å²) in [6.07, 6.45) is 3.38. The molecule has 1 aliphatic heterocycles. The lowest BCUT2D eigenvalue weighted by molar-refractivity contribution is -0.385. The molecule has 10 nitrogen and oxygen atoms in total. The van der Waals surface area contributed by atoms with Crippen molar-refractivity contribution in [2.45, 2.75) is 40.4 Å². The second-order valence-corrected chi connectivity index (χ2v) is 6.64. The molecule has 0 N–H and O–H groups in total. The first-order chi connectivity index (χ1) is 12.9. The van der Waals surface area contributed by atoms with Crippen molar-refractivity contribution in [3.8, 4) is 0 Å². The number of aromatic nitrogens is 4. The minimum atomic E-state index is -0.545. The molecule has 0 bridgehead atoms. The van der Waals surface area contributed by atoms with Crippen molar-refractivity contribution >= 4 is 11.6 Å². The Labute approximate surface area is 157 Å². The Kier molecular flexibility index (Phi) is 5.54. The highest BCUT2D eigenvalue weighted by Crippen LogP contribution is 2.20. The van der Waals surface area contributed by atoms with Gasteiger partial charge in [0.1, 0.15) is 6.20 Å². The summed E-state index contributed by atoms with van der Waals surface area (Å²) in [6.45, 7) is 10.5. The van der Waals surface area contributed by atoms with E-state index in [1.165, 1.54) is 16.4 Å². The van der Waals surface area contributed by atoms with Gasteiger partial charge in [0.15, 0.2) is 0 Å². The van der Waals surface area contributed by atoms with E-state index in [-0.39, 0.29) is 17.3 Å². The monoisotopic (exact) mass is 375 g/mol. The maximum absolute atomic E-state index is 12.7. The summed E-state index contributed by atoms with van der Waals surface area (Å²) in [5.74, 6) is -0.372. The van der Waals surface area contributed by atoms with E-state index >= 15 is 0 Å². The Morgan fingerprint density at radius 1 is 1.11 bits per heavy atom. The number of nitrogens with zero attached hydrogens (tertiary/aromatic N) is 7. The van der Waals surface area contributed by atoms with E-state index in [0.717, 1.165) is 18.8 Å². The number of rotatable bonds is 6. The summed E-state index contributed by atoms with van der Waals surface area (Å²) in [5, 5.41) is 19.8. The van der Waals surface area contributed by atoms with Crippen LogP contribution >= 0.6 is 0 Å². The minimum Gasteiger partial charge on any atom is -0.334 e. The molecule has 0 atom stereocenters. The highest BCUT2D eigenvalue weighted by molar-refractivity contribution is 5.96. The summed E-state index contributed by atoms with van der Waals surface area (Å²) in [7, 11) is 0. The van der Waals surface area contributed by atoms with Crippen LogP contribution in [0.15, 0.2) is 12.4 Å². The summed E-state index contributed by atoms with van der Waals surface area (Å²) >= 11 is 0. The van der Waals surface area contributed by atoms with E-state index < -0.39 is 4.92 Å². The molecule has 1 amide bonds. The van der Waals surface area contributed by atoms with Gasteiger partial charge in [-0.3, -0.25) is 29.2 Å². The van der Waals surface area contributed by atoms with Crippen LogP contribution in [0.25, 0.3) is 0 Å². The fourth-order valence-electron chi connectivity index (χ4n) is 3.23. The predicted molar refractivity (Wildman–Crippen MR) is 98.4 cm³/mol. The third-order valence-corrected chi connectivity index (χ3v) is 4.89. The van der Waals surface area contributed by atoms with Crippen LogP contribution in [-0.2, 0) is 19.6 Å². The SMILES string of the molecule is CCn1cc(CN2CCN(C(=O)c3nn(CC)cc3[N+](=O)[O-])CC2)c(C)n1. The van der Waals surface area contributed by atoms with Gasteiger partial charge >= 0.3 is 5.69 Å². The van der Waals surface area contributed by atoms with Crippen LogP contribution in [0.4, 0.5) is 5.69 Å². The van der Waals surface area contributed by atoms with Crippen LogP contribution in [0.1, 0.15) is 35.6 Å². The largest absolute Gasteiger partial charge is 0.334 e. The number of nitro groups is 1.